The molecule has 0 unspecified atom stereocenters. The molecule has 0 amide bonds. The summed E-state index contributed by atoms with van der Waals surface area (Å²) in [4.78, 5) is 5.39. The number of para-hydroxylation sites is 3. The zero-order valence-electron chi connectivity index (χ0n) is 24.6. The van der Waals surface area contributed by atoms with Crippen LogP contribution >= 0.6 is 0 Å². The van der Waals surface area contributed by atoms with Crippen LogP contribution in [0.15, 0.2) is 144 Å². The maximum atomic E-state index is 6.76. The molecular weight excluding hydrogens is 548 g/mol. The average molecular weight is 575 g/mol. The fourth-order valence-corrected chi connectivity index (χ4v) is 7.40. The van der Waals surface area contributed by atoms with Crippen LogP contribution in [0.4, 0.5) is 0 Å². The Hall–Kier alpha value is -5.93. The standard InChI is InChI=1S/C42H26N2O/c1-25-20-21-26-23-36-34-16-8-17-35(41(34)45-39(36)24-27(26)22-25)42-43-37-18-9-15-33-31-13-5-3-11-29(31)28-10-2-4-12-30(28)32-14-6-7-19-38(32)44(42)40(33)37/h2-24H,1H3. The molecule has 3 aromatic heterocycles. The Kier molecular flexibility index (Phi) is 4.92. The third kappa shape index (κ3) is 3.44. The molecule has 0 saturated heterocycles. The Morgan fingerprint density at radius 2 is 1.16 bits per heavy atom. The van der Waals surface area contributed by atoms with Gasteiger partial charge in [0.2, 0.25) is 0 Å². The van der Waals surface area contributed by atoms with Gasteiger partial charge in [-0.25, -0.2) is 4.98 Å². The number of hydrogen-bond acceptors (Lipinski definition) is 2. The van der Waals surface area contributed by atoms with Crippen LogP contribution in [0.3, 0.4) is 0 Å². The van der Waals surface area contributed by atoms with Gasteiger partial charge in [-0.15, -0.1) is 0 Å². The van der Waals surface area contributed by atoms with Crippen LogP contribution in [0.1, 0.15) is 5.56 Å². The van der Waals surface area contributed by atoms with E-state index in [-0.39, 0.29) is 0 Å². The van der Waals surface area contributed by atoms with Crippen molar-refractivity contribution in [3.8, 4) is 11.4 Å². The van der Waals surface area contributed by atoms with Crippen molar-refractivity contribution in [1.29, 1.82) is 0 Å². The van der Waals surface area contributed by atoms with Gasteiger partial charge in [0, 0.05) is 21.5 Å². The van der Waals surface area contributed by atoms with Crippen molar-refractivity contribution in [2.24, 2.45) is 0 Å². The van der Waals surface area contributed by atoms with Crippen molar-refractivity contribution >= 4 is 81.6 Å². The van der Waals surface area contributed by atoms with Crippen molar-refractivity contribution in [2.45, 2.75) is 6.92 Å². The second-order valence-electron chi connectivity index (χ2n) is 12.0. The number of aryl methyl sites for hydroxylation is 1. The van der Waals surface area contributed by atoms with E-state index in [9.17, 15) is 0 Å². The molecule has 210 valence electrons. The van der Waals surface area contributed by atoms with Gasteiger partial charge in [0.25, 0.3) is 0 Å². The SMILES string of the molecule is Cc1ccc2cc3c(cc2c1)oc1c(-c2nc4cccc5c6ccccc6c6ccccc6c6ccccc6n2c45)cccc13. The van der Waals surface area contributed by atoms with E-state index >= 15 is 0 Å². The van der Waals surface area contributed by atoms with E-state index in [4.69, 9.17) is 9.40 Å². The highest BCUT2D eigenvalue weighted by Crippen LogP contribution is 2.41. The van der Waals surface area contributed by atoms with E-state index < -0.39 is 0 Å². The predicted molar refractivity (Wildman–Crippen MR) is 189 cm³/mol. The number of imidazole rings is 1. The lowest BCUT2D eigenvalue weighted by atomic mass is 10.0. The van der Waals surface area contributed by atoms with Crippen molar-refractivity contribution in [2.75, 3.05) is 0 Å². The van der Waals surface area contributed by atoms with Crippen LogP contribution in [0.2, 0.25) is 0 Å². The highest BCUT2D eigenvalue weighted by atomic mass is 16.3. The van der Waals surface area contributed by atoms with Gasteiger partial charge in [-0.3, -0.25) is 4.40 Å². The molecule has 3 nitrogen and oxygen atoms in total. The zero-order valence-corrected chi connectivity index (χ0v) is 24.6. The third-order valence-electron chi connectivity index (χ3n) is 9.40. The summed E-state index contributed by atoms with van der Waals surface area (Å²) in [7, 11) is 0. The second kappa shape index (κ2) is 9.04. The van der Waals surface area contributed by atoms with Crippen LogP contribution in [-0.4, -0.2) is 9.38 Å². The first kappa shape index (κ1) is 24.5. The Labute approximate surface area is 258 Å². The lowest BCUT2D eigenvalue weighted by Crippen LogP contribution is -1.91. The molecule has 3 heteroatoms. The lowest BCUT2D eigenvalue weighted by molar-refractivity contribution is 0.670. The second-order valence-corrected chi connectivity index (χ2v) is 12.0. The number of furan rings is 1. The summed E-state index contributed by atoms with van der Waals surface area (Å²) in [6, 6.07) is 50.1. The first-order valence-corrected chi connectivity index (χ1v) is 15.4. The average Bonchev–Trinajstić information content (AvgIpc) is 3.66. The first-order chi connectivity index (χ1) is 22.2. The predicted octanol–water partition coefficient (Wildman–Crippen LogP) is 11.5. The van der Waals surface area contributed by atoms with Gasteiger partial charge >= 0.3 is 0 Å². The molecule has 0 aliphatic carbocycles. The molecule has 0 fully saturated rings. The normalized spacial score (nSPS) is 12.1. The quantitative estimate of drug-likeness (QED) is 0.195. The molecular formula is C42H26N2O. The van der Waals surface area contributed by atoms with E-state index in [1.165, 1.54) is 43.3 Å². The van der Waals surface area contributed by atoms with Crippen LogP contribution < -0.4 is 0 Å². The third-order valence-corrected chi connectivity index (χ3v) is 9.40. The smallest absolute Gasteiger partial charge is 0.149 e. The molecule has 10 rings (SSSR count). The molecule has 0 aliphatic heterocycles. The summed E-state index contributed by atoms with van der Waals surface area (Å²) in [6.45, 7) is 2.13. The fourth-order valence-electron chi connectivity index (χ4n) is 7.40. The van der Waals surface area contributed by atoms with Gasteiger partial charge in [0.1, 0.15) is 17.0 Å². The van der Waals surface area contributed by atoms with Gasteiger partial charge in [0.05, 0.1) is 22.1 Å². The lowest BCUT2D eigenvalue weighted by Gasteiger charge is -2.06. The number of benzene rings is 7. The van der Waals surface area contributed by atoms with E-state index in [0.717, 1.165) is 55.3 Å². The van der Waals surface area contributed by atoms with Gasteiger partial charge in [0.15, 0.2) is 0 Å². The zero-order chi connectivity index (χ0) is 29.6. The topological polar surface area (TPSA) is 30.4 Å². The summed E-state index contributed by atoms with van der Waals surface area (Å²) in [5, 5.41) is 11.8. The van der Waals surface area contributed by atoms with E-state index in [2.05, 4.69) is 151 Å². The molecule has 0 atom stereocenters. The van der Waals surface area contributed by atoms with E-state index in [1.807, 2.05) is 0 Å². The Morgan fingerprint density at radius 3 is 1.96 bits per heavy atom. The highest BCUT2D eigenvalue weighted by molar-refractivity contribution is 6.21. The molecule has 45 heavy (non-hydrogen) atoms. The van der Waals surface area contributed by atoms with Crippen molar-refractivity contribution < 1.29 is 4.42 Å². The summed E-state index contributed by atoms with van der Waals surface area (Å²) in [5.74, 6) is 0.867. The molecule has 7 aromatic carbocycles. The van der Waals surface area contributed by atoms with Gasteiger partial charge < -0.3 is 4.42 Å². The van der Waals surface area contributed by atoms with Crippen molar-refractivity contribution in [3.63, 3.8) is 0 Å². The Balaban J connectivity index is 1.45. The number of aromatic nitrogens is 2. The van der Waals surface area contributed by atoms with Gasteiger partial charge in [-0.05, 0) is 69.6 Å². The van der Waals surface area contributed by atoms with Crippen LogP contribution in [-0.2, 0) is 0 Å². The fraction of sp³-hybridized carbons (Fsp3) is 0.0238. The number of hydrogen-bond donors (Lipinski definition) is 0. The summed E-state index contributed by atoms with van der Waals surface area (Å²) >= 11 is 0. The largest absolute Gasteiger partial charge is 0.455 e. The van der Waals surface area contributed by atoms with Crippen LogP contribution in [0, 0.1) is 6.92 Å². The minimum Gasteiger partial charge on any atom is -0.455 e. The van der Waals surface area contributed by atoms with Crippen molar-refractivity contribution in [1.82, 2.24) is 9.38 Å². The van der Waals surface area contributed by atoms with Gasteiger partial charge in [-0.1, -0.05) is 115 Å². The minimum atomic E-state index is 0.853. The molecule has 0 N–H and O–H groups in total. The van der Waals surface area contributed by atoms with Crippen LogP contribution in [0.25, 0.3) is 93.0 Å². The number of rotatable bonds is 1. The van der Waals surface area contributed by atoms with Gasteiger partial charge in [-0.2, -0.15) is 0 Å². The molecule has 0 bridgehead atoms. The molecule has 0 aliphatic rings. The monoisotopic (exact) mass is 574 g/mol. The molecule has 0 spiro atoms. The van der Waals surface area contributed by atoms with E-state index in [1.54, 1.807) is 0 Å². The van der Waals surface area contributed by atoms with E-state index in [0.29, 0.717) is 0 Å². The maximum absolute atomic E-state index is 6.76. The molecule has 3 heterocycles. The van der Waals surface area contributed by atoms with Crippen LogP contribution in [0.5, 0.6) is 0 Å². The highest BCUT2D eigenvalue weighted by Gasteiger charge is 2.20. The molecule has 10 aromatic rings. The molecule has 0 saturated carbocycles. The summed E-state index contributed by atoms with van der Waals surface area (Å²) in [6.07, 6.45) is 0. The molecule has 0 radical (unpaired) electrons. The Morgan fingerprint density at radius 1 is 0.511 bits per heavy atom. The summed E-state index contributed by atoms with van der Waals surface area (Å²) < 4.78 is 9.12. The maximum Gasteiger partial charge on any atom is 0.149 e. The minimum absolute atomic E-state index is 0.853. The number of fused-ring (bicyclic) bond motifs is 11. The van der Waals surface area contributed by atoms with Crippen molar-refractivity contribution in [3.05, 3.63) is 145 Å². The number of nitrogens with zero attached hydrogens (tertiary/aromatic N) is 2. The Bertz CT molecular complexity index is 2890. The first-order valence-electron chi connectivity index (χ1n) is 15.4. The summed E-state index contributed by atoms with van der Waals surface area (Å²) in [5.41, 5.74) is 7.09.